The number of ether oxygens (including phenoxy) is 1. The summed E-state index contributed by atoms with van der Waals surface area (Å²) in [4.78, 5) is 16.4. The summed E-state index contributed by atoms with van der Waals surface area (Å²) in [7, 11) is 0. The van der Waals surface area contributed by atoms with Gasteiger partial charge in [-0.25, -0.2) is 4.39 Å². The van der Waals surface area contributed by atoms with E-state index in [2.05, 4.69) is 11.1 Å². The number of halogens is 1. The third kappa shape index (κ3) is 3.10. The van der Waals surface area contributed by atoms with E-state index >= 15 is 0 Å². The zero-order valence-corrected chi connectivity index (χ0v) is 15.5. The van der Waals surface area contributed by atoms with Crippen LogP contribution in [0.4, 0.5) is 4.39 Å². The average molecular weight is 355 g/mol. The van der Waals surface area contributed by atoms with Crippen molar-refractivity contribution >= 4 is 16.9 Å². The van der Waals surface area contributed by atoms with Crippen LogP contribution >= 0.6 is 0 Å². The molecule has 1 unspecified atom stereocenters. The molecule has 0 aliphatic heterocycles. The van der Waals surface area contributed by atoms with Gasteiger partial charge in [0.15, 0.2) is 0 Å². The van der Waals surface area contributed by atoms with Crippen LogP contribution in [0.15, 0.2) is 30.5 Å². The average Bonchev–Trinajstić information content (AvgIpc) is 3.19. The lowest BCUT2D eigenvalue weighted by atomic mass is 9.86. The molecule has 3 nitrogen and oxygen atoms in total. The molecular weight excluding hydrogens is 329 g/mol. The zero-order chi connectivity index (χ0) is 18.3. The van der Waals surface area contributed by atoms with Crippen LogP contribution in [0.3, 0.4) is 0 Å². The summed E-state index contributed by atoms with van der Waals surface area (Å²) >= 11 is 0. The van der Waals surface area contributed by atoms with Gasteiger partial charge in [0, 0.05) is 11.6 Å². The minimum absolute atomic E-state index is 0.00477. The number of hydrogen-bond donors (Lipinski definition) is 0. The molecule has 4 rings (SSSR count). The Morgan fingerprint density at radius 2 is 1.96 bits per heavy atom. The first-order valence-electron chi connectivity index (χ1n) is 9.77. The molecule has 0 radical (unpaired) electrons. The lowest BCUT2D eigenvalue weighted by molar-refractivity contribution is -0.149. The summed E-state index contributed by atoms with van der Waals surface area (Å²) in [5.74, 6) is 1.98. The minimum Gasteiger partial charge on any atom is -0.466 e. The molecular formula is C22H26FNO2. The van der Waals surface area contributed by atoms with E-state index < -0.39 is 0 Å². The number of carbonyl (C=O) groups is 1. The standard InChI is InChI=1S/C22H26FNO2/c1-3-26-22(25)13(2)14-8-15-10-17(11-16(15)9-14)19-6-7-24-21-5-4-18(23)12-20(19)21/h4-7,12-17H,3,8-11H2,1-2H3/t13?,14-,15-,16+,17+. The second-order valence-corrected chi connectivity index (χ2v) is 8.02. The van der Waals surface area contributed by atoms with E-state index in [4.69, 9.17) is 4.74 Å². The molecule has 2 fully saturated rings. The summed E-state index contributed by atoms with van der Waals surface area (Å²) in [6, 6.07) is 6.93. The molecule has 1 aromatic carbocycles. The predicted molar refractivity (Wildman–Crippen MR) is 99.2 cm³/mol. The summed E-state index contributed by atoms with van der Waals surface area (Å²) < 4.78 is 18.9. The highest BCUT2D eigenvalue weighted by atomic mass is 19.1. The van der Waals surface area contributed by atoms with Crippen LogP contribution in [0, 0.1) is 29.5 Å². The molecule has 1 aromatic heterocycles. The fraction of sp³-hybridized carbons (Fsp3) is 0.545. The smallest absolute Gasteiger partial charge is 0.308 e. The van der Waals surface area contributed by atoms with Gasteiger partial charge >= 0.3 is 5.97 Å². The topological polar surface area (TPSA) is 39.2 Å². The Balaban J connectivity index is 1.49. The van der Waals surface area contributed by atoms with Gasteiger partial charge in [0.05, 0.1) is 18.0 Å². The van der Waals surface area contributed by atoms with Gasteiger partial charge in [-0.05, 0) is 86.1 Å². The maximum absolute atomic E-state index is 13.7. The van der Waals surface area contributed by atoms with Crippen molar-refractivity contribution in [1.29, 1.82) is 0 Å². The van der Waals surface area contributed by atoms with E-state index in [1.807, 2.05) is 20.0 Å². The molecule has 5 atom stereocenters. The van der Waals surface area contributed by atoms with Gasteiger partial charge in [0.2, 0.25) is 0 Å². The van der Waals surface area contributed by atoms with E-state index in [-0.39, 0.29) is 17.7 Å². The van der Waals surface area contributed by atoms with Crippen molar-refractivity contribution in [3.05, 3.63) is 41.8 Å². The van der Waals surface area contributed by atoms with Gasteiger partial charge in [0.1, 0.15) is 5.82 Å². The molecule has 0 spiro atoms. The van der Waals surface area contributed by atoms with Gasteiger partial charge in [-0.15, -0.1) is 0 Å². The Morgan fingerprint density at radius 3 is 2.65 bits per heavy atom. The first-order valence-corrected chi connectivity index (χ1v) is 9.77. The normalized spacial score (nSPS) is 28.9. The number of carbonyl (C=O) groups excluding carboxylic acids is 1. The largest absolute Gasteiger partial charge is 0.466 e. The monoisotopic (exact) mass is 355 g/mol. The summed E-state index contributed by atoms with van der Waals surface area (Å²) in [5, 5.41) is 0.953. The fourth-order valence-corrected chi connectivity index (χ4v) is 5.29. The number of fused-ring (bicyclic) bond motifs is 2. The van der Waals surface area contributed by atoms with Crippen LogP contribution in [0.25, 0.3) is 10.9 Å². The molecule has 2 aromatic rings. The Labute approximate surface area is 154 Å². The highest BCUT2D eigenvalue weighted by Crippen LogP contribution is 2.54. The first-order chi connectivity index (χ1) is 12.6. The van der Waals surface area contributed by atoms with Gasteiger partial charge in [-0.2, -0.15) is 0 Å². The van der Waals surface area contributed by atoms with Crippen molar-refractivity contribution in [2.75, 3.05) is 6.61 Å². The van der Waals surface area contributed by atoms with Crippen molar-refractivity contribution in [2.45, 2.75) is 45.4 Å². The number of aromatic nitrogens is 1. The molecule has 0 bridgehead atoms. The second kappa shape index (κ2) is 6.98. The van der Waals surface area contributed by atoms with Gasteiger partial charge < -0.3 is 4.74 Å². The van der Waals surface area contributed by atoms with Crippen molar-refractivity contribution in [1.82, 2.24) is 4.98 Å². The number of esters is 1. The zero-order valence-electron chi connectivity index (χ0n) is 15.5. The van der Waals surface area contributed by atoms with Gasteiger partial charge in [0.25, 0.3) is 0 Å². The molecule has 0 amide bonds. The van der Waals surface area contributed by atoms with E-state index in [0.29, 0.717) is 30.3 Å². The lowest BCUT2D eigenvalue weighted by Gasteiger charge is -2.20. The first kappa shape index (κ1) is 17.4. The third-order valence-corrected chi connectivity index (χ3v) is 6.59. The Kier molecular flexibility index (Phi) is 4.68. The molecule has 138 valence electrons. The van der Waals surface area contributed by atoms with Crippen molar-refractivity contribution < 1.29 is 13.9 Å². The van der Waals surface area contributed by atoms with Crippen LogP contribution < -0.4 is 0 Å². The maximum atomic E-state index is 13.7. The summed E-state index contributed by atoms with van der Waals surface area (Å²) in [6.45, 7) is 4.33. The van der Waals surface area contributed by atoms with Crippen LogP contribution in [0.5, 0.6) is 0 Å². The predicted octanol–water partition coefficient (Wildman–Crippen LogP) is 5.09. The summed E-state index contributed by atoms with van der Waals surface area (Å²) in [6.07, 6.45) is 6.32. The van der Waals surface area contributed by atoms with E-state index in [1.165, 1.54) is 11.6 Å². The van der Waals surface area contributed by atoms with Crippen LogP contribution in [0.1, 0.15) is 51.0 Å². The van der Waals surface area contributed by atoms with Crippen molar-refractivity contribution in [3.63, 3.8) is 0 Å². The second-order valence-electron chi connectivity index (χ2n) is 8.02. The van der Waals surface area contributed by atoms with Crippen LogP contribution in [-0.2, 0) is 9.53 Å². The molecule has 2 aliphatic carbocycles. The van der Waals surface area contributed by atoms with Crippen molar-refractivity contribution in [2.24, 2.45) is 23.7 Å². The van der Waals surface area contributed by atoms with Crippen LogP contribution in [-0.4, -0.2) is 17.6 Å². The molecule has 0 saturated heterocycles. The van der Waals surface area contributed by atoms with Gasteiger partial charge in [-0.3, -0.25) is 9.78 Å². The minimum atomic E-state index is -0.201. The maximum Gasteiger partial charge on any atom is 0.308 e. The van der Waals surface area contributed by atoms with E-state index in [0.717, 1.165) is 36.6 Å². The molecule has 1 heterocycles. The van der Waals surface area contributed by atoms with Crippen LogP contribution in [0.2, 0.25) is 0 Å². The highest BCUT2D eigenvalue weighted by molar-refractivity contribution is 5.82. The molecule has 4 heteroatoms. The Bertz CT molecular complexity index is 807. The quantitative estimate of drug-likeness (QED) is 0.717. The summed E-state index contributed by atoms with van der Waals surface area (Å²) in [5.41, 5.74) is 2.11. The Morgan fingerprint density at radius 1 is 1.23 bits per heavy atom. The van der Waals surface area contributed by atoms with E-state index in [9.17, 15) is 9.18 Å². The third-order valence-electron chi connectivity index (χ3n) is 6.59. The number of pyridine rings is 1. The number of rotatable bonds is 4. The van der Waals surface area contributed by atoms with E-state index in [1.54, 1.807) is 12.1 Å². The fourth-order valence-electron chi connectivity index (χ4n) is 5.29. The van der Waals surface area contributed by atoms with Gasteiger partial charge in [-0.1, -0.05) is 6.92 Å². The molecule has 2 saturated carbocycles. The lowest BCUT2D eigenvalue weighted by Crippen LogP contribution is -2.22. The number of hydrogen-bond acceptors (Lipinski definition) is 3. The number of benzene rings is 1. The SMILES string of the molecule is CCOC(=O)C(C)[C@H]1C[C@H]2C[C@@H](c3ccnc4ccc(F)cc34)C[C@H]2C1. The molecule has 0 N–H and O–H groups in total. The van der Waals surface area contributed by atoms with Crippen molar-refractivity contribution in [3.8, 4) is 0 Å². The Hall–Kier alpha value is -1.97. The number of nitrogens with zero attached hydrogens (tertiary/aromatic N) is 1. The molecule has 2 aliphatic rings. The highest BCUT2D eigenvalue weighted by Gasteiger charge is 2.45. The molecule has 26 heavy (non-hydrogen) atoms.